The molecule has 1 aromatic rings. The van der Waals surface area contributed by atoms with Crippen LogP contribution in [0.2, 0.25) is 0 Å². The fourth-order valence-corrected chi connectivity index (χ4v) is 3.22. The largest absolute Gasteiger partial charge is 0.320 e. The zero-order valence-corrected chi connectivity index (χ0v) is 10.9. The summed E-state index contributed by atoms with van der Waals surface area (Å²) in [7, 11) is 0. The van der Waals surface area contributed by atoms with E-state index in [0.29, 0.717) is 0 Å². The lowest BCUT2D eigenvalue weighted by atomic mass is 9.95. The third kappa shape index (κ3) is 2.96. The highest BCUT2D eigenvalue weighted by Gasteiger charge is 2.14. The molecule has 2 rings (SSSR count). The van der Waals surface area contributed by atoms with Crippen LogP contribution in [0, 0.1) is 6.92 Å². The summed E-state index contributed by atoms with van der Waals surface area (Å²) in [5.74, 6) is 0. The standard InChI is InChI=1S/C14H21NS/c1-11-9-10-13(16-11)14(15)12-7-5-3-2-4-6-8-12/h7,9-10,14H,2-6,8,15H2,1H3/b12-7+. The van der Waals surface area contributed by atoms with Crippen molar-refractivity contribution in [2.45, 2.75) is 51.5 Å². The van der Waals surface area contributed by atoms with Crippen LogP contribution < -0.4 is 5.73 Å². The Kier molecular flexibility index (Phi) is 4.19. The fourth-order valence-electron chi connectivity index (χ4n) is 2.30. The van der Waals surface area contributed by atoms with Crippen LogP contribution >= 0.6 is 11.3 Å². The van der Waals surface area contributed by atoms with Crippen molar-refractivity contribution in [2.75, 3.05) is 0 Å². The van der Waals surface area contributed by atoms with Gasteiger partial charge in [-0.25, -0.2) is 0 Å². The molecule has 1 aliphatic rings. The molecule has 0 radical (unpaired) electrons. The van der Waals surface area contributed by atoms with Crippen LogP contribution in [-0.4, -0.2) is 0 Å². The van der Waals surface area contributed by atoms with Gasteiger partial charge < -0.3 is 5.73 Å². The molecule has 0 fully saturated rings. The molecule has 1 aromatic heterocycles. The van der Waals surface area contributed by atoms with Gasteiger partial charge in [-0.3, -0.25) is 0 Å². The van der Waals surface area contributed by atoms with Gasteiger partial charge in [-0.05, 0) is 44.7 Å². The molecular formula is C14H21NS. The molecule has 0 amide bonds. The Labute approximate surface area is 102 Å². The Bertz CT molecular complexity index is 365. The summed E-state index contributed by atoms with van der Waals surface area (Å²) in [5, 5.41) is 0. The van der Waals surface area contributed by atoms with E-state index in [1.807, 2.05) is 11.3 Å². The van der Waals surface area contributed by atoms with Gasteiger partial charge in [0, 0.05) is 9.75 Å². The Balaban J connectivity index is 2.09. The summed E-state index contributed by atoms with van der Waals surface area (Å²) in [4.78, 5) is 2.68. The zero-order valence-electron chi connectivity index (χ0n) is 10.0. The average Bonchev–Trinajstić information content (AvgIpc) is 2.63. The van der Waals surface area contributed by atoms with Crippen molar-refractivity contribution < 1.29 is 0 Å². The van der Waals surface area contributed by atoms with E-state index in [1.165, 1.54) is 53.9 Å². The molecule has 0 spiro atoms. The van der Waals surface area contributed by atoms with Crippen LogP contribution in [0.25, 0.3) is 0 Å². The Hall–Kier alpha value is -0.600. The summed E-state index contributed by atoms with van der Waals surface area (Å²) in [6.07, 6.45) is 10.2. The summed E-state index contributed by atoms with van der Waals surface area (Å²) in [6, 6.07) is 4.50. The van der Waals surface area contributed by atoms with Crippen LogP contribution in [-0.2, 0) is 0 Å². The van der Waals surface area contributed by atoms with Crippen LogP contribution in [0.3, 0.4) is 0 Å². The quantitative estimate of drug-likeness (QED) is 0.758. The summed E-state index contributed by atoms with van der Waals surface area (Å²) in [6.45, 7) is 2.15. The zero-order chi connectivity index (χ0) is 11.4. The van der Waals surface area contributed by atoms with Crippen molar-refractivity contribution >= 4 is 11.3 Å². The lowest BCUT2D eigenvalue weighted by molar-refractivity contribution is 0.604. The van der Waals surface area contributed by atoms with Crippen molar-refractivity contribution in [3.05, 3.63) is 33.5 Å². The molecule has 1 atom stereocenters. The minimum Gasteiger partial charge on any atom is -0.320 e. The normalized spacial score (nSPS) is 23.0. The first-order valence-corrected chi connectivity index (χ1v) is 7.10. The van der Waals surface area contributed by atoms with E-state index >= 15 is 0 Å². The van der Waals surface area contributed by atoms with Crippen molar-refractivity contribution in [1.82, 2.24) is 0 Å². The Morgan fingerprint density at radius 3 is 2.75 bits per heavy atom. The minimum absolute atomic E-state index is 0.150. The van der Waals surface area contributed by atoms with Gasteiger partial charge in [-0.1, -0.05) is 24.5 Å². The first kappa shape index (κ1) is 11.9. The Morgan fingerprint density at radius 2 is 2.00 bits per heavy atom. The van der Waals surface area contributed by atoms with Crippen LogP contribution in [0.1, 0.15) is 54.3 Å². The van der Waals surface area contributed by atoms with Gasteiger partial charge in [0.05, 0.1) is 6.04 Å². The number of nitrogens with two attached hydrogens (primary N) is 1. The minimum atomic E-state index is 0.150. The molecule has 2 N–H and O–H groups in total. The molecule has 0 aromatic carbocycles. The second-order valence-electron chi connectivity index (χ2n) is 4.66. The van der Waals surface area contributed by atoms with E-state index < -0.39 is 0 Å². The number of hydrogen-bond acceptors (Lipinski definition) is 2. The molecular weight excluding hydrogens is 214 g/mol. The summed E-state index contributed by atoms with van der Waals surface area (Å²) in [5.41, 5.74) is 7.81. The lowest BCUT2D eigenvalue weighted by Gasteiger charge is -2.17. The van der Waals surface area contributed by atoms with Crippen molar-refractivity contribution in [1.29, 1.82) is 0 Å². The van der Waals surface area contributed by atoms with Crippen molar-refractivity contribution in [3.8, 4) is 0 Å². The summed E-state index contributed by atoms with van der Waals surface area (Å²) >= 11 is 1.84. The van der Waals surface area contributed by atoms with Crippen LogP contribution in [0.15, 0.2) is 23.8 Å². The maximum atomic E-state index is 6.35. The predicted molar refractivity (Wildman–Crippen MR) is 71.8 cm³/mol. The molecule has 0 bridgehead atoms. The van der Waals surface area contributed by atoms with E-state index in [4.69, 9.17) is 5.73 Å². The molecule has 1 nitrogen and oxygen atoms in total. The molecule has 2 heteroatoms. The predicted octanol–water partition coefficient (Wildman–Crippen LogP) is 4.34. The molecule has 88 valence electrons. The number of aryl methyl sites for hydroxylation is 1. The van der Waals surface area contributed by atoms with E-state index in [2.05, 4.69) is 25.1 Å². The molecule has 16 heavy (non-hydrogen) atoms. The highest BCUT2D eigenvalue weighted by atomic mass is 32.1. The van der Waals surface area contributed by atoms with Gasteiger partial charge in [0.25, 0.3) is 0 Å². The second-order valence-corrected chi connectivity index (χ2v) is 5.98. The second kappa shape index (κ2) is 5.65. The highest BCUT2D eigenvalue weighted by molar-refractivity contribution is 7.12. The van der Waals surface area contributed by atoms with Crippen molar-refractivity contribution in [2.24, 2.45) is 5.73 Å². The van der Waals surface area contributed by atoms with Gasteiger partial charge in [0.15, 0.2) is 0 Å². The third-order valence-electron chi connectivity index (χ3n) is 3.29. The van der Waals surface area contributed by atoms with Gasteiger partial charge in [0.2, 0.25) is 0 Å². The third-order valence-corrected chi connectivity index (χ3v) is 4.38. The van der Waals surface area contributed by atoms with Gasteiger partial charge in [-0.15, -0.1) is 11.3 Å². The Morgan fingerprint density at radius 1 is 1.19 bits per heavy atom. The highest BCUT2D eigenvalue weighted by Crippen LogP contribution is 2.30. The molecule has 0 saturated heterocycles. The number of thiophene rings is 1. The topological polar surface area (TPSA) is 26.0 Å². The van der Waals surface area contributed by atoms with Gasteiger partial charge in [0.1, 0.15) is 0 Å². The number of hydrogen-bond donors (Lipinski definition) is 1. The molecule has 1 heterocycles. The monoisotopic (exact) mass is 235 g/mol. The number of allylic oxidation sites excluding steroid dienone is 1. The smallest absolute Gasteiger partial charge is 0.0605 e. The average molecular weight is 235 g/mol. The number of rotatable bonds is 2. The van der Waals surface area contributed by atoms with E-state index in [-0.39, 0.29) is 6.04 Å². The van der Waals surface area contributed by atoms with E-state index in [1.54, 1.807) is 0 Å². The van der Waals surface area contributed by atoms with Gasteiger partial charge >= 0.3 is 0 Å². The van der Waals surface area contributed by atoms with Crippen molar-refractivity contribution in [3.63, 3.8) is 0 Å². The molecule has 1 aliphatic carbocycles. The van der Waals surface area contributed by atoms with Gasteiger partial charge in [-0.2, -0.15) is 0 Å². The SMILES string of the molecule is Cc1ccc(C(N)/C2=C/CCCCCC2)s1. The first-order valence-electron chi connectivity index (χ1n) is 6.28. The molecule has 0 aliphatic heterocycles. The lowest BCUT2D eigenvalue weighted by Crippen LogP contribution is -2.12. The maximum absolute atomic E-state index is 6.35. The van der Waals surface area contributed by atoms with Crippen LogP contribution in [0.5, 0.6) is 0 Å². The van der Waals surface area contributed by atoms with E-state index in [9.17, 15) is 0 Å². The first-order chi connectivity index (χ1) is 7.77. The fraction of sp³-hybridized carbons (Fsp3) is 0.571. The van der Waals surface area contributed by atoms with E-state index in [0.717, 1.165) is 0 Å². The summed E-state index contributed by atoms with van der Waals surface area (Å²) < 4.78 is 0. The molecule has 0 saturated carbocycles. The molecule has 1 unspecified atom stereocenters. The maximum Gasteiger partial charge on any atom is 0.0605 e. The van der Waals surface area contributed by atoms with Crippen LogP contribution in [0.4, 0.5) is 0 Å².